The monoisotopic (exact) mass is 403 g/mol. The molecule has 4 rings (SSSR count). The van der Waals surface area contributed by atoms with Crippen molar-refractivity contribution in [2.75, 3.05) is 5.32 Å². The van der Waals surface area contributed by atoms with Crippen LogP contribution in [0.5, 0.6) is 0 Å². The van der Waals surface area contributed by atoms with E-state index in [0.717, 1.165) is 36.3 Å². The van der Waals surface area contributed by atoms with Gasteiger partial charge in [0.1, 0.15) is 12.4 Å². The predicted octanol–water partition coefficient (Wildman–Crippen LogP) is 3.59. The number of carbonyl (C=O) groups is 1. The van der Waals surface area contributed by atoms with Crippen LogP contribution in [-0.2, 0) is 24.2 Å². The fourth-order valence-corrected chi connectivity index (χ4v) is 3.69. The molecule has 0 aliphatic heterocycles. The van der Waals surface area contributed by atoms with Gasteiger partial charge >= 0.3 is 0 Å². The number of fused-ring (bicyclic) bond motifs is 3. The SMILES string of the molecule is CCCCc1ccc(NC(=O)Cn2c(=O)c3nnc(CC)n3c3ccccc32)cc1. The van der Waals surface area contributed by atoms with Crippen molar-refractivity contribution < 1.29 is 4.79 Å². The van der Waals surface area contributed by atoms with E-state index in [1.807, 2.05) is 55.5 Å². The molecule has 0 unspecified atom stereocenters. The van der Waals surface area contributed by atoms with Crippen LogP contribution < -0.4 is 10.9 Å². The highest BCUT2D eigenvalue weighted by Gasteiger charge is 2.17. The minimum atomic E-state index is -0.328. The van der Waals surface area contributed by atoms with Crippen LogP contribution in [0.2, 0.25) is 0 Å². The van der Waals surface area contributed by atoms with Crippen LogP contribution in [0.25, 0.3) is 16.7 Å². The number of benzene rings is 2. The number of hydrogen-bond acceptors (Lipinski definition) is 4. The van der Waals surface area contributed by atoms with Gasteiger partial charge in [-0.2, -0.15) is 0 Å². The number of para-hydroxylation sites is 2. The van der Waals surface area contributed by atoms with Gasteiger partial charge in [-0.15, -0.1) is 10.2 Å². The number of anilines is 1. The molecule has 0 radical (unpaired) electrons. The van der Waals surface area contributed by atoms with Crippen LogP contribution in [0.3, 0.4) is 0 Å². The molecule has 2 aromatic carbocycles. The summed E-state index contributed by atoms with van der Waals surface area (Å²) in [4.78, 5) is 25.8. The number of amides is 1. The Morgan fingerprint density at radius 3 is 2.43 bits per heavy atom. The average molecular weight is 403 g/mol. The lowest BCUT2D eigenvalue weighted by Crippen LogP contribution is -2.29. The number of rotatable bonds is 7. The zero-order valence-corrected chi connectivity index (χ0v) is 17.3. The molecular weight excluding hydrogens is 378 g/mol. The average Bonchev–Trinajstić information content (AvgIpc) is 3.21. The molecule has 7 heteroatoms. The van der Waals surface area contributed by atoms with E-state index in [-0.39, 0.29) is 23.7 Å². The third-order valence-corrected chi connectivity index (χ3v) is 5.25. The number of unbranched alkanes of at least 4 members (excludes halogenated alkanes) is 1. The highest BCUT2D eigenvalue weighted by Crippen LogP contribution is 2.16. The second-order valence-corrected chi connectivity index (χ2v) is 7.36. The smallest absolute Gasteiger partial charge is 0.297 e. The van der Waals surface area contributed by atoms with Crippen molar-refractivity contribution in [1.29, 1.82) is 0 Å². The molecular formula is C23H25N5O2. The molecule has 0 aliphatic rings. The maximum absolute atomic E-state index is 13.1. The Bertz CT molecular complexity index is 1250. The van der Waals surface area contributed by atoms with Crippen molar-refractivity contribution in [3.8, 4) is 0 Å². The highest BCUT2D eigenvalue weighted by atomic mass is 16.2. The van der Waals surface area contributed by atoms with E-state index in [4.69, 9.17) is 0 Å². The molecule has 1 amide bonds. The van der Waals surface area contributed by atoms with Gasteiger partial charge in [0.05, 0.1) is 11.0 Å². The van der Waals surface area contributed by atoms with Crippen LogP contribution in [0.4, 0.5) is 5.69 Å². The topological polar surface area (TPSA) is 81.3 Å². The number of nitrogens with zero attached hydrogens (tertiary/aromatic N) is 4. The standard InChI is InChI=1S/C23H25N5O2/c1-3-5-8-16-11-13-17(14-12-16)24-21(29)15-27-18-9-6-7-10-19(18)28-20(4-2)25-26-22(28)23(27)30/h6-7,9-14H,3-5,8,15H2,1-2H3,(H,24,29). The first-order valence-electron chi connectivity index (χ1n) is 10.4. The number of aryl methyl sites for hydroxylation is 2. The zero-order chi connectivity index (χ0) is 21.1. The molecule has 0 saturated heterocycles. The summed E-state index contributed by atoms with van der Waals surface area (Å²) in [5.74, 6) is 0.459. The first-order chi connectivity index (χ1) is 14.6. The highest BCUT2D eigenvalue weighted by molar-refractivity contribution is 5.91. The van der Waals surface area contributed by atoms with Gasteiger partial charge < -0.3 is 5.32 Å². The normalized spacial score (nSPS) is 11.3. The molecule has 0 bridgehead atoms. The molecule has 30 heavy (non-hydrogen) atoms. The minimum absolute atomic E-state index is 0.0955. The molecule has 2 aromatic heterocycles. The van der Waals surface area contributed by atoms with Crippen molar-refractivity contribution in [3.63, 3.8) is 0 Å². The molecule has 4 aromatic rings. The van der Waals surface area contributed by atoms with Gasteiger partial charge in [0.25, 0.3) is 5.56 Å². The third-order valence-electron chi connectivity index (χ3n) is 5.25. The molecule has 0 spiro atoms. The van der Waals surface area contributed by atoms with E-state index >= 15 is 0 Å². The van der Waals surface area contributed by atoms with Crippen LogP contribution in [-0.4, -0.2) is 25.1 Å². The number of hydrogen-bond donors (Lipinski definition) is 1. The lowest BCUT2D eigenvalue weighted by Gasteiger charge is -2.13. The Morgan fingerprint density at radius 1 is 1.00 bits per heavy atom. The van der Waals surface area contributed by atoms with Crippen molar-refractivity contribution in [2.24, 2.45) is 0 Å². The Morgan fingerprint density at radius 2 is 1.73 bits per heavy atom. The Balaban J connectivity index is 1.64. The van der Waals surface area contributed by atoms with Crippen LogP contribution >= 0.6 is 0 Å². The third kappa shape index (κ3) is 3.70. The first kappa shape index (κ1) is 19.8. The summed E-state index contributed by atoms with van der Waals surface area (Å²) >= 11 is 0. The van der Waals surface area contributed by atoms with Gasteiger partial charge in [-0.05, 0) is 42.7 Å². The first-order valence-corrected chi connectivity index (χ1v) is 10.4. The molecule has 0 fully saturated rings. The second-order valence-electron chi connectivity index (χ2n) is 7.36. The van der Waals surface area contributed by atoms with E-state index in [2.05, 4.69) is 22.4 Å². The largest absolute Gasteiger partial charge is 0.325 e. The molecule has 0 atom stereocenters. The summed E-state index contributed by atoms with van der Waals surface area (Å²) in [5.41, 5.74) is 3.36. The number of carbonyl (C=O) groups excluding carboxylic acids is 1. The summed E-state index contributed by atoms with van der Waals surface area (Å²) in [6.45, 7) is 4.04. The number of aromatic nitrogens is 4. The second kappa shape index (κ2) is 8.49. The van der Waals surface area contributed by atoms with Crippen molar-refractivity contribution in [3.05, 3.63) is 70.3 Å². The van der Waals surface area contributed by atoms with Crippen molar-refractivity contribution >= 4 is 28.3 Å². The van der Waals surface area contributed by atoms with E-state index < -0.39 is 0 Å². The van der Waals surface area contributed by atoms with Gasteiger partial charge in [-0.3, -0.25) is 18.6 Å². The van der Waals surface area contributed by atoms with E-state index in [0.29, 0.717) is 11.9 Å². The lowest BCUT2D eigenvalue weighted by molar-refractivity contribution is -0.116. The van der Waals surface area contributed by atoms with Crippen LogP contribution in [0.1, 0.15) is 38.1 Å². The predicted molar refractivity (Wildman–Crippen MR) is 118 cm³/mol. The minimum Gasteiger partial charge on any atom is -0.325 e. The molecule has 0 saturated carbocycles. The van der Waals surface area contributed by atoms with Gasteiger partial charge in [-0.1, -0.05) is 44.5 Å². The van der Waals surface area contributed by atoms with E-state index in [1.165, 1.54) is 10.1 Å². The summed E-state index contributed by atoms with van der Waals surface area (Å²) in [6.07, 6.45) is 3.98. The van der Waals surface area contributed by atoms with Gasteiger partial charge in [0.15, 0.2) is 0 Å². The molecule has 0 aliphatic carbocycles. The van der Waals surface area contributed by atoms with Crippen LogP contribution in [0, 0.1) is 0 Å². The number of nitrogens with one attached hydrogen (secondary N) is 1. The molecule has 154 valence electrons. The van der Waals surface area contributed by atoms with Crippen molar-refractivity contribution in [1.82, 2.24) is 19.2 Å². The van der Waals surface area contributed by atoms with Gasteiger partial charge in [-0.25, -0.2) is 0 Å². The maximum atomic E-state index is 13.1. The maximum Gasteiger partial charge on any atom is 0.297 e. The Hall–Kier alpha value is -3.48. The summed E-state index contributed by atoms with van der Waals surface area (Å²) in [7, 11) is 0. The summed E-state index contributed by atoms with van der Waals surface area (Å²) < 4.78 is 3.24. The van der Waals surface area contributed by atoms with Gasteiger partial charge in [0.2, 0.25) is 11.6 Å². The summed E-state index contributed by atoms with van der Waals surface area (Å²) in [6, 6.07) is 15.4. The van der Waals surface area contributed by atoms with E-state index in [1.54, 1.807) is 4.40 Å². The van der Waals surface area contributed by atoms with E-state index in [9.17, 15) is 9.59 Å². The van der Waals surface area contributed by atoms with Crippen LogP contribution in [0.15, 0.2) is 53.3 Å². The van der Waals surface area contributed by atoms with Gasteiger partial charge in [0, 0.05) is 12.1 Å². The lowest BCUT2D eigenvalue weighted by atomic mass is 10.1. The molecule has 7 nitrogen and oxygen atoms in total. The summed E-state index contributed by atoms with van der Waals surface area (Å²) in [5, 5.41) is 11.1. The molecule has 2 heterocycles. The zero-order valence-electron chi connectivity index (χ0n) is 17.3. The Kier molecular flexibility index (Phi) is 5.61. The molecule has 1 N–H and O–H groups in total. The fourth-order valence-electron chi connectivity index (χ4n) is 3.69. The quantitative estimate of drug-likeness (QED) is 0.511. The van der Waals surface area contributed by atoms with Crippen molar-refractivity contribution in [2.45, 2.75) is 46.1 Å². The fraction of sp³-hybridized carbons (Fsp3) is 0.304. The Labute approximate surface area is 174 Å².